The van der Waals surface area contributed by atoms with Gasteiger partial charge in [-0.25, -0.2) is 4.98 Å². The monoisotopic (exact) mass is 451 g/mol. The van der Waals surface area contributed by atoms with E-state index in [9.17, 15) is 4.79 Å². The van der Waals surface area contributed by atoms with Crippen molar-refractivity contribution in [2.24, 2.45) is 7.05 Å². The van der Waals surface area contributed by atoms with Crippen LogP contribution in [-0.2, 0) is 11.8 Å². The largest absolute Gasteiger partial charge is 0.309 e. The average molecular weight is 452 g/mol. The van der Waals surface area contributed by atoms with E-state index in [1.165, 1.54) is 4.80 Å². The van der Waals surface area contributed by atoms with Crippen LogP contribution in [0.1, 0.15) is 35.6 Å². The number of pyridine rings is 1. The van der Waals surface area contributed by atoms with E-state index in [0.717, 1.165) is 16.7 Å². The molecular formula is C26H25N7O. The number of aromatic nitrogens is 4. The van der Waals surface area contributed by atoms with E-state index in [1.807, 2.05) is 60.7 Å². The van der Waals surface area contributed by atoms with Gasteiger partial charge in [0.15, 0.2) is 0 Å². The van der Waals surface area contributed by atoms with Gasteiger partial charge in [-0.2, -0.15) is 20.3 Å². The van der Waals surface area contributed by atoms with Crippen molar-refractivity contribution in [2.75, 3.05) is 11.9 Å². The molecule has 0 unspecified atom stereocenters. The number of rotatable bonds is 8. The Balaban J connectivity index is 1.46. The van der Waals surface area contributed by atoms with E-state index in [0.29, 0.717) is 23.6 Å². The van der Waals surface area contributed by atoms with Crippen molar-refractivity contribution >= 4 is 11.7 Å². The molecule has 0 aliphatic carbocycles. The van der Waals surface area contributed by atoms with Gasteiger partial charge in [0.05, 0.1) is 17.8 Å². The Morgan fingerprint density at radius 3 is 2.41 bits per heavy atom. The molecule has 0 fully saturated rings. The Hall–Kier alpha value is -4.35. The second-order valence-corrected chi connectivity index (χ2v) is 8.03. The van der Waals surface area contributed by atoms with Crippen molar-refractivity contribution in [2.45, 2.75) is 18.9 Å². The third kappa shape index (κ3) is 5.52. The Kier molecular flexibility index (Phi) is 7.06. The smallest absolute Gasteiger partial charge is 0.247 e. The highest BCUT2D eigenvalue weighted by molar-refractivity contribution is 5.94. The molecule has 0 aliphatic rings. The summed E-state index contributed by atoms with van der Waals surface area (Å²) in [7, 11) is 1.75. The third-order valence-corrected chi connectivity index (χ3v) is 5.54. The van der Waals surface area contributed by atoms with Crippen molar-refractivity contribution in [3.63, 3.8) is 0 Å². The Morgan fingerprint density at radius 2 is 1.79 bits per heavy atom. The number of nitrogens with one attached hydrogen (secondary N) is 2. The molecule has 0 spiro atoms. The summed E-state index contributed by atoms with van der Waals surface area (Å²) in [5.41, 5.74) is 4.13. The van der Waals surface area contributed by atoms with Gasteiger partial charge in [-0.3, -0.25) is 4.79 Å². The zero-order valence-electron chi connectivity index (χ0n) is 19.0. The molecule has 0 radical (unpaired) electrons. The molecule has 2 N–H and O–H groups in total. The number of carbonyl (C=O) groups is 1. The Bertz CT molecular complexity index is 1280. The van der Waals surface area contributed by atoms with Crippen LogP contribution in [0.15, 0.2) is 79.1 Å². The van der Waals surface area contributed by atoms with Gasteiger partial charge in [0, 0.05) is 25.4 Å². The lowest BCUT2D eigenvalue weighted by atomic mass is 9.98. The van der Waals surface area contributed by atoms with Crippen LogP contribution < -0.4 is 10.6 Å². The number of benzene rings is 2. The van der Waals surface area contributed by atoms with Crippen molar-refractivity contribution in [1.29, 1.82) is 5.26 Å². The SMILES string of the molecule is C[C@H](CN[C@@H](C(=O)Nc1ccc(-c2cnn(C)n2)cn1)c1ccccc1)c1ccc(C#N)cc1. The van der Waals surface area contributed by atoms with Crippen molar-refractivity contribution in [1.82, 2.24) is 25.3 Å². The first-order chi connectivity index (χ1) is 16.5. The summed E-state index contributed by atoms with van der Waals surface area (Å²) in [6, 6.07) is 22.3. The van der Waals surface area contributed by atoms with E-state index < -0.39 is 6.04 Å². The number of nitriles is 1. The third-order valence-electron chi connectivity index (χ3n) is 5.54. The fourth-order valence-corrected chi connectivity index (χ4v) is 3.60. The zero-order chi connectivity index (χ0) is 23.9. The van der Waals surface area contributed by atoms with Gasteiger partial charge in [0.1, 0.15) is 17.6 Å². The van der Waals surface area contributed by atoms with Gasteiger partial charge in [0.2, 0.25) is 5.91 Å². The fraction of sp³-hybridized carbons (Fsp3) is 0.192. The van der Waals surface area contributed by atoms with Crippen LogP contribution in [0.25, 0.3) is 11.3 Å². The second kappa shape index (κ2) is 10.5. The number of carbonyl (C=O) groups excluding carboxylic acids is 1. The van der Waals surface area contributed by atoms with Gasteiger partial charge in [0.25, 0.3) is 0 Å². The average Bonchev–Trinajstić information content (AvgIpc) is 3.31. The van der Waals surface area contributed by atoms with Crippen molar-refractivity contribution < 1.29 is 4.79 Å². The van der Waals surface area contributed by atoms with Gasteiger partial charge in [-0.15, -0.1) is 0 Å². The summed E-state index contributed by atoms with van der Waals surface area (Å²) in [5, 5.41) is 23.7. The van der Waals surface area contributed by atoms with Crippen LogP contribution in [0.5, 0.6) is 0 Å². The number of nitrogens with zero attached hydrogens (tertiary/aromatic N) is 5. The Morgan fingerprint density at radius 1 is 1.03 bits per heavy atom. The molecule has 4 aromatic rings. The predicted molar refractivity (Wildman–Crippen MR) is 130 cm³/mol. The van der Waals surface area contributed by atoms with E-state index in [2.05, 4.69) is 38.8 Å². The van der Waals surface area contributed by atoms with Crippen molar-refractivity contribution in [3.05, 3.63) is 95.8 Å². The second-order valence-electron chi connectivity index (χ2n) is 8.03. The summed E-state index contributed by atoms with van der Waals surface area (Å²) >= 11 is 0. The van der Waals surface area contributed by atoms with E-state index in [4.69, 9.17) is 5.26 Å². The summed E-state index contributed by atoms with van der Waals surface area (Å²) in [6.07, 6.45) is 3.33. The molecule has 34 heavy (non-hydrogen) atoms. The highest BCUT2D eigenvalue weighted by atomic mass is 16.2. The molecule has 8 heteroatoms. The van der Waals surface area contributed by atoms with Crippen LogP contribution in [0.4, 0.5) is 5.82 Å². The highest BCUT2D eigenvalue weighted by Crippen LogP contribution is 2.21. The van der Waals surface area contributed by atoms with Crippen LogP contribution in [0.2, 0.25) is 0 Å². The minimum atomic E-state index is -0.552. The normalized spacial score (nSPS) is 12.5. The lowest BCUT2D eigenvalue weighted by Gasteiger charge is -2.21. The molecule has 0 aliphatic heterocycles. The minimum absolute atomic E-state index is 0.149. The molecular weight excluding hydrogens is 426 g/mol. The number of hydrogen-bond donors (Lipinski definition) is 2. The molecule has 2 atom stereocenters. The first kappa shape index (κ1) is 22.8. The molecule has 1 amide bonds. The topological polar surface area (TPSA) is 109 Å². The van der Waals surface area contributed by atoms with Crippen LogP contribution >= 0.6 is 0 Å². The lowest BCUT2D eigenvalue weighted by Crippen LogP contribution is -2.35. The number of amides is 1. The summed E-state index contributed by atoms with van der Waals surface area (Å²) in [4.78, 5) is 19.1. The molecule has 0 bridgehead atoms. The highest BCUT2D eigenvalue weighted by Gasteiger charge is 2.22. The first-order valence-corrected chi connectivity index (χ1v) is 11.0. The minimum Gasteiger partial charge on any atom is -0.309 e. The molecule has 170 valence electrons. The molecule has 0 saturated carbocycles. The quantitative estimate of drug-likeness (QED) is 0.422. The predicted octanol–water partition coefficient (Wildman–Crippen LogP) is 3.82. The maximum absolute atomic E-state index is 13.2. The summed E-state index contributed by atoms with van der Waals surface area (Å²) < 4.78 is 0. The molecule has 2 heterocycles. The van der Waals surface area contributed by atoms with Gasteiger partial charge < -0.3 is 10.6 Å². The summed E-state index contributed by atoms with van der Waals surface area (Å²) in [5.74, 6) is 0.412. The zero-order valence-corrected chi connectivity index (χ0v) is 19.0. The van der Waals surface area contributed by atoms with Crippen LogP contribution in [-0.4, -0.2) is 32.4 Å². The maximum atomic E-state index is 13.2. The van der Waals surface area contributed by atoms with E-state index in [-0.39, 0.29) is 11.8 Å². The van der Waals surface area contributed by atoms with Gasteiger partial charge in [-0.05, 0) is 41.3 Å². The number of aryl methyl sites for hydroxylation is 1. The number of hydrogen-bond acceptors (Lipinski definition) is 6. The van der Waals surface area contributed by atoms with Crippen LogP contribution in [0, 0.1) is 11.3 Å². The molecule has 2 aromatic carbocycles. The van der Waals surface area contributed by atoms with E-state index in [1.54, 1.807) is 25.5 Å². The Labute approximate surface area is 198 Å². The first-order valence-electron chi connectivity index (χ1n) is 11.0. The fourth-order valence-electron chi connectivity index (χ4n) is 3.60. The maximum Gasteiger partial charge on any atom is 0.247 e. The molecule has 4 rings (SSSR count). The van der Waals surface area contributed by atoms with Crippen molar-refractivity contribution in [3.8, 4) is 17.3 Å². The lowest BCUT2D eigenvalue weighted by molar-refractivity contribution is -0.118. The molecule has 2 aromatic heterocycles. The van der Waals surface area contributed by atoms with E-state index >= 15 is 0 Å². The summed E-state index contributed by atoms with van der Waals surface area (Å²) in [6.45, 7) is 2.67. The van der Waals surface area contributed by atoms with Crippen LogP contribution in [0.3, 0.4) is 0 Å². The molecule has 0 saturated heterocycles. The molecule has 8 nitrogen and oxygen atoms in total. The van der Waals surface area contributed by atoms with Gasteiger partial charge in [-0.1, -0.05) is 49.4 Å². The standard InChI is InChI=1S/C26H25N7O/c1-18(20-10-8-19(14-27)9-11-20)15-29-25(21-6-4-3-5-7-21)26(34)31-24-13-12-22(16-28-24)23-17-30-33(2)32-23/h3-13,16-18,25,29H,15H2,1-2H3,(H,28,31,34)/t18-,25-/m1/s1. The van der Waals surface area contributed by atoms with Gasteiger partial charge >= 0.3 is 0 Å². The number of anilines is 1.